The molecular weight excluding hydrogens is 190 g/mol. The zero-order chi connectivity index (χ0) is 10.1. The van der Waals surface area contributed by atoms with Gasteiger partial charge in [-0.1, -0.05) is 0 Å². The molecule has 0 aliphatic rings. The molecule has 0 aromatic carbocycles. The Bertz CT molecular complexity index is 361. The van der Waals surface area contributed by atoms with E-state index < -0.39 is 15.6 Å². The molecule has 0 saturated heterocycles. The van der Waals surface area contributed by atoms with Gasteiger partial charge in [0.1, 0.15) is 0 Å². The minimum Gasteiger partial charge on any atom is -0.335 e. The molecule has 0 spiro atoms. The smallest absolute Gasteiger partial charge is 0.258 e. The number of aromatic amines is 1. The number of sulfonamides is 1. The predicted molar refractivity (Wildman–Crippen MR) is 48.7 cm³/mol. The molecule has 0 bridgehead atoms. The van der Waals surface area contributed by atoms with E-state index in [1.165, 1.54) is 12.5 Å². The highest BCUT2D eigenvalue weighted by Gasteiger charge is 2.22. The topological polar surface area (TPSA) is 74.8 Å². The molecule has 0 amide bonds. The van der Waals surface area contributed by atoms with Crippen molar-refractivity contribution in [1.82, 2.24) is 14.7 Å². The van der Waals surface area contributed by atoms with Crippen molar-refractivity contribution in [1.29, 1.82) is 0 Å². The van der Waals surface area contributed by atoms with Crippen molar-refractivity contribution in [2.75, 3.05) is 0 Å². The molecule has 5 nitrogen and oxygen atoms in total. The van der Waals surface area contributed by atoms with Gasteiger partial charge in [-0.2, -0.15) is 0 Å². The van der Waals surface area contributed by atoms with E-state index >= 15 is 0 Å². The van der Waals surface area contributed by atoms with Crippen LogP contribution in [0.1, 0.15) is 20.8 Å². The highest BCUT2D eigenvalue weighted by molar-refractivity contribution is 7.89. The second-order valence-corrected chi connectivity index (χ2v) is 5.42. The summed E-state index contributed by atoms with van der Waals surface area (Å²) in [4.78, 5) is 6.18. The Hall–Kier alpha value is -0.880. The summed E-state index contributed by atoms with van der Waals surface area (Å²) in [5.41, 5.74) is -0.482. The molecule has 74 valence electrons. The molecule has 6 heteroatoms. The second-order valence-electron chi connectivity index (χ2n) is 3.77. The summed E-state index contributed by atoms with van der Waals surface area (Å²) in [5.74, 6) is 0. The van der Waals surface area contributed by atoms with Crippen molar-refractivity contribution < 1.29 is 8.42 Å². The largest absolute Gasteiger partial charge is 0.335 e. The zero-order valence-corrected chi connectivity index (χ0v) is 8.64. The van der Waals surface area contributed by atoms with Crippen molar-refractivity contribution in [2.45, 2.75) is 31.3 Å². The van der Waals surface area contributed by atoms with E-state index in [0.29, 0.717) is 0 Å². The van der Waals surface area contributed by atoms with Crippen LogP contribution in [0.2, 0.25) is 0 Å². The zero-order valence-electron chi connectivity index (χ0n) is 7.83. The van der Waals surface area contributed by atoms with Crippen molar-refractivity contribution in [3.63, 3.8) is 0 Å². The van der Waals surface area contributed by atoms with E-state index in [9.17, 15) is 8.42 Å². The minimum atomic E-state index is -3.44. The fraction of sp³-hybridized carbons (Fsp3) is 0.571. The first-order valence-corrected chi connectivity index (χ1v) is 5.32. The Morgan fingerprint density at radius 3 is 2.46 bits per heavy atom. The Morgan fingerprint density at radius 2 is 2.08 bits per heavy atom. The number of H-pyrrole nitrogens is 1. The lowest BCUT2D eigenvalue weighted by Gasteiger charge is -2.19. The van der Waals surface area contributed by atoms with Crippen LogP contribution >= 0.6 is 0 Å². The van der Waals surface area contributed by atoms with Gasteiger partial charge in [-0.25, -0.2) is 18.1 Å². The SMILES string of the molecule is CC(C)(C)NS(=O)(=O)c1cnc[nH]1. The lowest BCUT2D eigenvalue weighted by molar-refractivity contribution is 0.490. The quantitative estimate of drug-likeness (QED) is 0.734. The van der Waals surface area contributed by atoms with Crippen LogP contribution in [-0.4, -0.2) is 23.9 Å². The molecule has 1 aromatic rings. The second kappa shape index (κ2) is 3.12. The maximum atomic E-state index is 11.5. The molecule has 0 fully saturated rings. The lowest BCUT2D eigenvalue weighted by atomic mass is 10.1. The Balaban J connectivity index is 2.93. The maximum absolute atomic E-state index is 11.5. The van der Waals surface area contributed by atoms with E-state index in [1.807, 2.05) is 0 Å². The van der Waals surface area contributed by atoms with E-state index in [1.54, 1.807) is 20.8 Å². The van der Waals surface area contributed by atoms with Crippen LogP contribution in [0.25, 0.3) is 0 Å². The molecule has 1 rings (SSSR count). The first-order valence-electron chi connectivity index (χ1n) is 3.84. The predicted octanol–water partition coefficient (Wildman–Crippen LogP) is 0.487. The standard InChI is InChI=1S/C7H13N3O2S/c1-7(2,3)10-13(11,12)6-4-8-5-9-6/h4-5,10H,1-3H3,(H,8,9). The molecule has 0 atom stereocenters. The number of rotatable bonds is 2. The third kappa shape index (κ3) is 2.82. The molecule has 0 radical (unpaired) electrons. The highest BCUT2D eigenvalue weighted by atomic mass is 32.2. The van der Waals surface area contributed by atoms with Gasteiger partial charge >= 0.3 is 0 Å². The Labute approximate surface area is 77.6 Å². The Morgan fingerprint density at radius 1 is 1.46 bits per heavy atom. The van der Waals surface area contributed by atoms with E-state index in [2.05, 4.69) is 14.7 Å². The number of aromatic nitrogens is 2. The maximum Gasteiger partial charge on any atom is 0.258 e. The monoisotopic (exact) mass is 203 g/mol. The van der Waals surface area contributed by atoms with Crippen LogP contribution in [-0.2, 0) is 10.0 Å². The van der Waals surface area contributed by atoms with Gasteiger partial charge < -0.3 is 4.98 Å². The van der Waals surface area contributed by atoms with Gasteiger partial charge in [-0.05, 0) is 20.8 Å². The third-order valence-corrected chi connectivity index (χ3v) is 2.89. The highest BCUT2D eigenvalue weighted by Crippen LogP contribution is 2.08. The van der Waals surface area contributed by atoms with Crippen molar-refractivity contribution in [3.8, 4) is 0 Å². The van der Waals surface area contributed by atoms with Crippen LogP contribution in [0, 0.1) is 0 Å². The van der Waals surface area contributed by atoms with Gasteiger partial charge in [-0.3, -0.25) is 0 Å². The van der Waals surface area contributed by atoms with Crippen molar-refractivity contribution >= 4 is 10.0 Å². The number of nitrogens with one attached hydrogen (secondary N) is 2. The summed E-state index contributed by atoms with van der Waals surface area (Å²) in [6.07, 6.45) is 2.60. The normalized spacial score (nSPS) is 13.2. The first-order chi connectivity index (χ1) is 5.81. The molecule has 0 saturated carbocycles. The molecule has 0 aliphatic carbocycles. The summed E-state index contributed by atoms with van der Waals surface area (Å²) in [5, 5.41) is 0.0856. The number of nitrogens with zero attached hydrogens (tertiary/aromatic N) is 1. The summed E-state index contributed by atoms with van der Waals surface area (Å²) in [6, 6.07) is 0. The van der Waals surface area contributed by atoms with Crippen molar-refractivity contribution in [2.24, 2.45) is 0 Å². The van der Waals surface area contributed by atoms with Gasteiger partial charge in [0, 0.05) is 5.54 Å². The summed E-state index contributed by atoms with van der Waals surface area (Å²) in [7, 11) is -3.44. The number of hydrogen-bond acceptors (Lipinski definition) is 3. The average Bonchev–Trinajstić information content (AvgIpc) is 2.29. The molecule has 0 unspecified atom stereocenters. The molecular formula is C7H13N3O2S. The fourth-order valence-electron chi connectivity index (χ4n) is 0.848. The van der Waals surface area contributed by atoms with E-state index in [0.717, 1.165) is 0 Å². The molecule has 2 N–H and O–H groups in total. The van der Waals surface area contributed by atoms with Crippen LogP contribution in [0.15, 0.2) is 17.6 Å². The fourth-order valence-corrected chi connectivity index (χ4v) is 2.17. The lowest BCUT2D eigenvalue weighted by Crippen LogP contribution is -2.40. The van der Waals surface area contributed by atoms with Gasteiger partial charge in [0.15, 0.2) is 5.03 Å². The van der Waals surface area contributed by atoms with Crippen LogP contribution in [0.3, 0.4) is 0 Å². The molecule has 1 heterocycles. The Kier molecular flexibility index (Phi) is 2.44. The first kappa shape index (κ1) is 10.2. The summed E-state index contributed by atoms with van der Waals surface area (Å²) in [6.45, 7) is 5.34. The molecule has 0 aliphatic heterocycles. The number of imidazole rings is 1. The average molecular weight is 203 g/mol. The molecule has 13 heavy (non-hydrogen) atoms. The molecule has 1 aromatic heterocycles. The summed E-state index contributed by atoms with van der Waals surface area (Å²) < 4.78 is 25.6. The van der Waals surface area contributed by atoms with E-state index in [4.69, 9.17) is 0 Å². The van der Waals surface area contributed by atoms with Crippen LogP contribution < -0.4 is 4.72 Å². The minimum absolute atomic E-state index is 0.0856. The van der Waals surface area contributed by atoms with Crippen LogP contribution in [0.5, 0.6) is 0 Å². The van der Waals surface area contributed by atoms with E-state index in [-0.39, 0.29) is 5.03 Å². The van der Waals surface area contributed by atoms with Gasteiger partial charge in [0.05, 0.1) is 12.5 Å². The third-order valence-electron chi connectivity index (χ3n) is 1.20. The van der Waals surface area contributed by atoms with Gasteiger partial charge in [-0.15, -0.1) is 0 Å². The van der Waals surface area contributed by atoms with Gasteiger partial charge in [0.2, 0.25) is 0 Å². The number of hydrogen-bond donors (Lipinski definition) is 2. The van der Waals surface area contributed by atoms with Crippen LogP contribution in [0.4, 0.5) is 0 Å². The van der Waals surface area contributed by atoms with Gasteiger partial charge in [0.25, 0.3) is 10.0 Å². The summed E-state index contributed by atoms with van der Waals surface area (Å²) >= 11 is 0. The van der Waals surface area contributed by atoms with Crippen molar-refractivity contribution in [3.05, 3.63) is 12.5 Å².